The minimum Gasteiger partial charge on any atom is -0.396 e. The molecule has 0 amide bonds. The maximum atomic E-state index is 8.35. The number of isocyanates is 2. The smallest absolute Gasteiger partial charge is 0.304 e. The summed E-state index contributed by atoms with van der Waals surface area (Å²) in [5.74, 6) is 0. The summed E-state index contributed by atoms with van der Waals surface area (Å²) >= 11 is 0. The average molecular weight is 234 g/mol. The molecule has 7 heteroatoms. The van der Waals surface area contributed by atoms with Crippen molar-refractivity contribution in [2.24, 2.45) is 0 Å². The fourth-order valence-electron chi connectivity index (χ4n) is 0.311. The molecule has 0 rings (SSSR count). The van der Waals surface area contributed by atoms with Crippen LogP contribution in [0.2, 0.25) is 0 Å². The predicted octanol–water partition coefficient (Wildman–Crippen LogP) is 0.637. The van der Waals surface area contributed by atoms with Crippen LogP contribution in [0.25, 0.3) is 0 Å². The van der Waals surface area contributed by atoms with E-state index in [-0.39, 0.29) is 0 Å². The Morgan fingerprint density at radius 3 is 1.27 bits per heavy atom. The fraction of sp³-hybridized carbons (Fsp3) is 0.750. The molecule has 0 aromatic carbocycles. The molecule has 0 aliphatic carbocycles. The van der Waals surface area contributed by atoms with E-state index in [0.29, 0.717) is 12.2 Å². The zero-order valence-corrected chi connectivity index (χ0v) is 10.9. The molecule has 88 valence electrons. The van der Waals surface area contributed by atoms with Gasteiger partial charge in [0.05, 0.1) is 0 Å². The Kier molecular flexibility index (Phi) is 24.2. The summed E-state index contributed by atoms with van der Waals surface area (Å²) in [4.78, 5) is 16.7. The standard InChI is InChI=1S/C6H16O2Si.2CHNO/c1-5(2)7-9-8-6(3)4;2*2-1-3/h5-6H,9H2,1-4H3;2*2H. The lowest BCUT2D eigenvalue weighted by Gasteiger charge is -2.09. The van der Waals surface area contributed by atoms with Crippen LogP contribution in [0.4, 0.5) is 0 Å². The third kappa shape index (κ3) is 63.9. The van der Waals surface area contributed by atoms with Crippen molar-refractivity contribution in [3.63, 3.8) is 0 Å². The summed E-state index contributed by atoms with van der Waals surface area (Å²) < 4.78 is 10.5. The van der Waals surface area contributed by atoms with E-state index in [1.807, 2.05) is 27.7 Å². The Morgan fingerprint density at radius 2 is 1.13 bits per heavy atom. The van der Waals surface area contributed by atoms with E-state index < -0.39 is 10.0 Å². The van der Waals surface area contributed by atoms with Gasteiger partial charge in [0.1, 0.15) is 0 Å². The van der Waals surface area contributed by atoms with Crippen molar-refractivity contribution >= 4 is 22.2 Å². The van der Waals surface area contributed by atoms with Crippen molar-refractivity contribution in [3.8, 4) is 0 Å². The number of carbonyl (C=O) groups excluding carboxylic acids is 2. The minimum absolute atomic E-state index is 0.329. The Balaban J connectivity index is -0.000000200. The van der Waals surface area contributed by atoms with E-state index in [4.69, 9.17) is 29.3 Å². The number of hydrogen-bond donors (Lipinski definition) is 2. The first-order chi connectivity index (χ1) is 6.95. The van der Waals surface area contributed by atoms with Gasteiger partial charge in [-0.05, 0) is 27.7 Å². The van der Waals surface area contributed by atoms with Crippen molar-refractivity contribution in [2.75, 3.05) is 0 Å². The second-order valence-electron chi connectivity index (χ2n) is 2.75. The van der Waals surface area contributed by atoms with Crippen molar-refractivity contribution in [1.29, 1.82) is 10.8 Å². The molecular weight excluding hydrogens is 216 g/mol. The van der Waals surface area contributed by atoms with E-state index in [2.05, 4.69) is 0 Å². The van der Waals surface area contributed by atoms with E-state index in [9.17, 15) is 0 Å². The van der Waals surface area contributed by atoms with Gasteiger partial charge in [0, 0.05) is 12.2 Å². The minimum atomic E-state index is -0.684. The summed E-state index contributed by atoms with van der Waals surface area (Å²) in [5, 5.41) is 10.8. The van der Waals surface area contributed by atoms with Crippen molar-refractivity contribution < 1.29 is 18.4 Å². The summed E-state index contributed by atoms with van der Waals surface area (Å²) in [6.07, 6.45) is 2.16. The topological polar surface area (TPSA) is 100 Å². The van der Waals surface area contributed by atoms with Gasteiger partial charge >= 0.3 is 10.0 Å². The van der Waals surface area contributed by atoms with E-state index in [0.717, 1.165) is 12.2 Å². The number of nitrogens with one attached hydrogen (secondary N) is 2. The molecule has 0 bridgehead atoms. The molecule has 6 nitrogen and oxygen atoms in total. The molecule has 0 saturated carbocycles. The lowest BCUT2D eigenvalue weighted by molar-refractivity contribution is 0.152. The Labute approximate surface area is 92.0 Å². The van der Waals surface area contributed by atoms with Gasteiger partial charge in [0.15, 0.2) is 0 Å². The molecule has 0 heterocycles. The first-order valence-electron chi connectivity index (χ1n) is 4.27. The second kappa shape index (κ2) is 18.6. The molecule has 0 aromatic heterocycles. The quantitative estimate of drug-likeness (QED) is 0.423. The van der Waals surface area contributed by atoms with Crippen molar-refractivity contribution in [1.82, 2.24) is 0 Å². The first kappa shape index (κ1) is 19.5. The van der Waals surface area contributed by atoms with Gasteiger partial charge in [0.25, 0.3) is 0 Å². The fourth-order valence-corrected chi connectivity index (χ4v) is 0.934. The van der Waals surface area contributed by atoms with E-state index in [1.165, 1.54) is 0 Å². The SMILES string of the molecule is CC(C)O[SiH2]OC(C)C.N=C=O.N=C=O. The van der Waals surface area contributed by atoms with Crippen LogP contribution < -0.4 is 0 Å². The maximum Gasteiger partial charge on any atom is 0.304 e. The zero-order chi connectivity index (χ0) is 12.7. The Morgan fingerprint density at radius 1 is 0.933 bits per heavy atom. The average Bonchev–Trinajstić information content (AvgIpc) is 2.05. The third-order valence-corrected chi connectivity index (χ3v) is 2.41. The number of hydrogen-bond acceptors (Lipinski definition) is 6. The van der Waals surface area contributed by atoms with Crippen LogP contribution in [0.3, 0.4) is 0 Å². The highest BCUT2D eigenvalue weighted by atomic mass is 28.3. The Bertz CT molecular complexity index is 165. The van der Waals surface area contributed by atoms with Crippen LogP contribution in [-0.2, 0) is 18.4 Å². The molecule has 2 N–H and O–H groups in total. The van der Waals surface area contributed by atoms with Crippen LogP contribution in [0, 0.1) is 10.8 Å². The van der Waals surface area contributed by atoms with Crippen LogP contribution in [-0.4, -0.2) is 34.4 Å². The third-order valence-electron chi connectivity index (χ3n) is 0.803. The molecule has 0 fully saturated rings. The van der Waals surface area contributed by atoms with Gasteiger partial charge in [-0.15, -0.1) is 0 Å². The van der Waals surface area contributed by atoms with E-state index in [1.54, 1.807) is 0 Å². The summed E-state index contributed by atoms with van der Waals surface area (Å²) in [5.41, 5.74) is 0. The van der Waals surface area contributed by atoms with Crippen LogP contribution in [0.15, 0.2) is 0 Å². The number of rotatable bonds is 4. The molecule has 0 spiro atoms. The summed E-state index contributed by atoms with van der Waals surface area (Å²) in [7, 11) is -0.684. The van der Waals surface area contributed by atoms with Gasteiger partial charge < -0.3 is 8.85 Å². The molecule has 0 radical (unpaired) electrons. The second-order valence-corrected chi connectivity index (χ2v) is 3.66. The Hall–Kier alpha value is -1.10. The zero-order valence-electron chi connectivity index (χ0n) is 9.49. The maximum absolute atomic E-state index is 8.35. The lowest BCUT2D eigenvalue weighted by Crippen LogP contribution is -2.14. The van der Waals surface area contributed by atoms with Crippen molar-refractivity contribution in [3.05, 3.63) is 0 Å². The summed E-state index contributed by atoms with van der Waals surface area (Å²) in [6.45, 7) is 8.10. The van der Waals surface area contributed by atoms with Gasteiger partial charge in [-0.3, -0.25) is 0 Å². The van der Waals surface area contributed by atoms with Gasteiger partial charge in [0.2, 0.25) is 12.2 Å². The molecule has 15 heavy (non-hydrogen) atoms. The van der Waals surface area contributed by atoms with Gasteiger partial charge in [-0.1, -0.05) is 0 Å². The highest BCUT2D eigenvalue weighted by molar-refractivity contribution is 6.18. The van der Waals surface area contributed by atoms with Crippen molar-refractivity contribution in [2.45, 2.75) is 39.9 Å². The van der Waals surface area contributed by atoms with Crippen LogP contribution >= 0.6 is 0 Å². The lowest BCUT2D eigenvalue weighted by atomic mass is 10.5. The molecule has 0 aliphatic heterocycles. The monoisotopic (exact) mass is 234 g/mol. The van der Waals surface area contributed by atoms with Gasteiger partial charge in [-0.25, -0.2) is 20.4 Å². The highest BCUT2D eigenvalue weighted by Gasteiger charge is 1.95. The molecular formula is C8H18N2O4Si. The first-order valence-corrected chi connectivity index (χ1v) is 5.42. The predicted molar refractivity (Wildman–Crippen MR) is 57.8 cm³/mol. The molecule has 0 saturated heterocycles. The summed E-state index contributed by atoms with van der Waals surface area (Å²) in [6, 6.07) is 0. The molecule has 0 unspecified atom stereocenters. The van der Waals surface area contributed by atoms with Gasteiger partial charge in [-0.2, -0.15) is 0 Å². The van der Waals surface area contributed by atoms with Crippen LogP contribution in [0.1, 0.15) is 27.7 Å². The van der Waals surface area contributed by atoms with E-state index >= 15 is 0 Å². The normalized spacial score (nSPS) is 7.87. The molecule has 0 aliphatic rings. The van der Waals surface area contributed by atoms with Crippen LogP contribution in [0.5, 0.6) is 0 Å². The molecule has 0 atom stereocenters. The molecule has 0 aromatic rings. The largest absolute Gasteiger partial charge is 0.396 e. The highest BCUT2D eigenvalue weighted by Crippen LogP contribution is 1.89.